The summed E-state index contributed by atoms with van der Waals surface area (Å²) < 4.78 is 20.2. The Labute approximate surface area is 199 Å². The second kappa shape index (κ2) is 9.15. The van der Waals surface area contributed by atoms with E-state index in [1.54, 1.807) is 23.5 Å². The zero-order chi connectivity index (χ0) is 22.9. The van der Waals surface area contributed by atoms with Crippen LogP contribution in [-0.2, 0) is 20.7 Å². The highest BCUT2D eigenvalue weighted by Crippen LogP contribution is 2.32. The lowest BCUT2D eigenvalue weighted by Crippen LogP contribution is -2.37. The molecule has 1 fully saturated rings. The van der Waals surface area contributed by atoms with E-state index in [2.05, 4.69) is 9.97 Å². The van der Waals surface area contributed by atoms with Crippen molar-refractivity contribution in [1.29, 1.82) is 0 Å². The monoisotopic (exact) mass is 480 g/mol. The van der Waals surface area contributed by atoms with Gasteiger partial charge in [0.15, 0.2) is 4.90 Å². The van der Waals surface area contributed by atoms with Crippen LogP contribution >= 0.6 is 11.6 Å². The second-order valence-corrected chi connectivity index (χ2v) is 9.56. The molecule has 0 aliphatic carbocycles. The molecule has 2 aromatic heterocycles. The molecule has 7 nitrogen and oxygen atoms in total. The lowest BCUT2D eigenvalue weighted by Gasteiger charge is -2.30. The lowest BCUT2D eigenvalue weighted by molar-refractivity contribution is -0.125. The summed E-state index contributed by atoms with van der Waals surface area (Å²) in [4.78, 5) is 22.8. The molecule has 168 valence electrons. The SMILES string of the molecule is C[S+]([O-])c1cn(-c2ncc(-c3ccccc3Cl)cn2)c2cc(C3CN(C=O)CCO3)ccc12. The zero-order valence-corrected chi connectivity index (χ0v) is 19.4. The number of morpholine rings is 1. The van der Waals surface area contributed by atoms with Crippen LogP contribution in [0.15, 0.2) is 66.0 Å². The molecular weight excluding hydrogens is 460 g/mol. The molecule has 1 amide bonds. The fraction of sp³-hybridized carbons (Fsp3) is 0.208. The van der Waals surface area contributed by atoms with Crippen LogP contribution in [0.25, 0.3) is 28.0 Å². The minimum Gasteiger partial charge on any atom is -0.612 e. The standard InChI is InChI=1S/C24H21ClN4O3S/c1-33(31)23-14-29(24-26-11-17(12-27-24)18-4-2-3-5-20(18)25)21-10-16(6-7-19(21)23)22-13-28(15-30)8-9-32-22/h2-7,10-12,14-15,22H,8-9,13H2,1H3. The number of fused-ring (bicyclic) bond motifs is 1. The number of rotatable bonds is 5. The van der Waals surface area contributed by atoms with Gasteiger partial charge in [0.1, 0.15) is 12.4 Å². The Morgan fingerprint density at radius 1 is 1.21 bits per heavy atom. The molecule has 1 saturated heterocycles. The van der Waals surface area contributed by atoms with Crippen LogP contribution in [-0.4, -0.2) is 56.3 Å². The van der Waals surface area contributed by atoms with Crippen LogP contribution in [0, 0.1) is 0 Å². The predicted octanol–water partition coefficient (Wildman–Crippen LogP) is 4.01. The molecule has 9 heteroatoms. The van der Waals surface area contributed by atoms with Gasteiger partial charge < -0.3 is 14.2 Å². The maximum atomic E-state index is 12.4. The highest BCUT2D eigenvalue weighted by molar-refractivity contribution is 7.91. The molecule has 5 rings (SSSR count). The van der Waals surface area contributed by atoms with Crippen LogP contribution in [0.2, 0.25) is 5.02 Å². The van der Waals surface area contributed by atoms with Crippen molar-refractivity contribution in [3.8, 4) is 17.1 Å². The number of aromatic nitrogens is 3. The first-order chi connectivity index (χ1) is 16.0. The maximum Gasteiger partial charge on any atom is 0.234 e. The number of halogens is 1. The van der Waals surface area contributed by atoms with Crippen LogP contribution in [0.1, 0.15) is 11.7 Å². The van der Waals surface area contributed by atoms with E-state index in [0.29, 0.717) is 35.6 Å². The van der Waals surface area contributed by atoms with Gasteiger partial charge in [-0.25, -0.2) is 9.97 Å². The number of hydrogen-bond donors (Lipinski definition) is 0. The van der Waals surface area contributed by atoms with Gasteiger partial charge in [-0.15, -0.1) is 0 Å². The molecule has 3 heterocycles. The number of benzene rings is 2. The molecule has 1 aliphatic heterocycles. The van der Waals surface area contributed by atoms with Crippen LogP contribution in [0.5, 0.6) is 0 Å². The van der Waals surface area contributed by atoms with Gasteiger partial charge >= 0.3 is 0 Å². The summed E-state index contributed by atoms with van der Waals surface area (Å²) in [7, 11) is 0. The summed E-state index contributed by atoms with van der Waals surface area (Å²) in [5.74, 6) is 0.462. The first-order valence-corrected chi connectivity index (χ1v) is 12.4. The van der Waals surface area contributed by atoms with Gasteiger partial charge in [-0.3, -0.25) is 9.36 Å². The molecule has 4 aromatic rings. The van der Waals surface area contributed by atoms with Crippen LogP contribution in [0.3, 0.4) is 0 Å². The average molecular weight is 481 g/mol. The summed E-state index contributed by atoms with van der Waals surface area (Å²) in [5, 5.41) is 1.49. The van der Waals surface area contributed by atoms with E-state index in [9.17, 15) is 9.35 Å². The Kier molecular flexibility index (Phi) is 6.07. The van der Waals surface area contributed by atoms with Gasteiger partial charge in [0.05, 0.1) is 30.3 Å². The van der Waals surface area contributed by atoms with Crippen molar-refractivity contribution in [2.24, 2.45) is 0 Å². The van der Waals surface area contributed by atoms with Crippen LogP contribution in [0.4, 0.5) is 0 Å². The van der Waals surface area contributed by atoms with E-state index in [4.69, 9.17) is 16.3 Å². The van der Waals surface area contributed by atoms with E-state index in [1.165, 1.54) is 0 Å². The largest absolute Gasteiger partial charge is 0.612 e. The van der Waals surface area contributed by atoms with E-state index in [-0.39, 0.29) is 6.10 Å². The van der Waals surface area contributed by atoms with Crippen molar-refractivity contribution in [3.63, 3.8) is 0 Å². The third-order valence-corrected chi connectivity index (χ3v) is 7.03. The average Bonchev–Trinajstić information content (AvgIpc) is 3.24. The molecule has 1 aliphatic rings. The van der Waals surface area contributed by atoms with Crippen LogP contribution < -0.4 is 0 Å². The second-order valence-electron chi connectivity index (χ2n) is 7.81. The van der Waals surface area contributed by atoms with Gasteiger partial charge in [-0.2, -0.15) is 0 Å². The number of carbonyl (C=O) groups is 1. The molecule has 0 saturated carbocycles. The summed E-state index contributed by atoms with van der Waals surface area (Å²) in [6, 6.07) is 13.4. The summed E-state index contributed by atoms with van der Waals surface area (Å²) in [6.07, 6.45) is 7.55. The van der Waals surface area contributed by atoms with Gasteiger partial charge in [-0.1, -0.05) is 35.9 Å². The molecule has 0 radical (unpaired) electrons. The molecule has 2 atom stereocenters. The first kappa shape index (κ1) is 21.9. The van der Waals surface area contributed by atoms with Crippen molar-refractivity contribution in [2.45, 2.75) is 11.0 Å². The zero-order valence-electron chi connectivity index (χ0n) is 17.8. The lowest BCUT2D eigenvalue weighted by atomic mass is 10.1. The molecular formula is C24H21ClN4O3S. The minimum atomic E-state index is -1.19. The van der Waals surface area contributed by atoms with Crippen molar-refractivity contribution in [2.75, 3.05) is 26.0 Å². The number of amides is 1. The molecule has 2 unspecified atom stereocenters. The first-order valence-electron chi connectivity index (χ1n) is 10.4. The smallest absolute Gasteiger partial charge is 0.234 e. The van der Waals surface area contributed by atoms with Gasteiger partial charge in [0, 0.05) is 35.1 Å². The summed E-state index contributed by atoms with van der Waals surface area (Å²) >= 11 is 5.12. The van der Waals surface area contributed by atoms with Gasteiger partial charge in [0.25, 0.3) is 0 Å². The summed E-state index contributed by atoms with van der Waals surface area (Å²) in [5.41, 5.74) is 3.43. The molecule has 0 bridgehead atoms. The fourth-order valence-electron chi connectivity index (χ4n) is 4.05. The highest BCUT2D eigenvalue weighted by atomic mass is 35.5. The fourth-order valence-corrected chi connectivity index (χ4v) is 5.04. The van der Waals surface area contributed by atoms with E-state index >= 15 is 0 Å². The summed E-state index contributed by atoms with van der Waals surface area (Å²) in [6.45, 7) is 1.56. The van der Waals surface area contributed by atoms with E-state index in [1.807, 2.05) is 53.2 Å². The van der Waals surface area contributed by atoms with Gasteiger partial charge in [-0.05, 0) is 34.9 Å². The predicted molar refractivity (Wildman–Crippen MR) is 128 cm³/mol. The van der Waals surface area contributed by atoms with Crippen molar-refractivity contribution in [3.05, 3.63) is 71.6 Å². The maximum absolute atomic E-state index is 12.4. The van der Waals surface area contributed by atoms with Crippen molar-refractivity contribution < 1.29 is 14.1 Å². The third-order valence-electron chi connectivity index (χ3n) is 5.76. The van der Waals surface area contributed by atoms with E-state index < -0.39 is 11.2 Å². The minimum absolute atomic E-state index is 0.226. The Bertz CT molecular complexity index is 1310. The Morgan fingerprint density at radius 2 is 2.00 bits per heavy atom. The van der Waals surface area contributed by atoms with Crippen molar-refractivity contribution in [1.82, 2.24) is 19.4 Å². The van der Waals surface area contributed by atoms with E-state index in [0.717, 1.165) is 34.0 Å². The van der Waals surface area contributed by atoms with Gasteiger partial charge in [0.2, 0.25) is 12.4 Å². The number of ether oxygens (including phenoxy) is 1. The topological polar surface area (TPSA) is 83.3 Å². The number of nitrogens with zero attached hydrogens (tertiary/aromatic N) is 4. The highest BCUT2D eigenvalue weighted by Gasteiger charge is 2.24. The molecule has 2 aromatic carbocycles. The Morgan fingerprint density at radius 3 is 2.73 bits per heavy atom. The molecule has 0 N–H and O–H groups in total. The van der Waals surface area contributed by atoms with Crippen molar-refractivity contribution >= 4 is 40.1 Å². The molecule has 0 spiro atoms. The number of hydrogen-bond acceptors (Lipinski definition) is 5. The Hall–Kier alpha value is -2.91. The Balaban J connectivity index is 1.57. The quantitative estimate of drug-likeness (QED) is 0.318. The molecule has 33 heavy (non-hydrogen) atoms. The third kappa shape index (κ3) is 4.22. The number of carbonyl (C=O) groups excluding carboxylic acids is 1. The normalized spacial score (nSPS) is 17.3.